The van der Waals surface area contributed by atoms with Gasteiger partial charge in [0.1, 0.15) is 5.82 Å². The highest BCUT2D eigenvalue weighted by Gasteiger charge is 2.09. The molecule has 17 heavy (non-hydrogen) atoms. The zero-order chi connectivity index (χ0) is 12.8. The van der Waals surface area contributed by atoms with Crippen LogP contribution in [0.3, 0.4) is 0 Å². The highest BCUT2D eigenvalue weighted by atomic mass is 79.9. The van der Waals surface area contributed by atoms with Gasteiger partial charge in [-0.25, -0.2) is 4.39 Å². The van der Waals surface area contributed by atoms with Crippen LogP contribution in [0.25, 0.3) is 0 Å². The Bertz CT molecular complexity index is 398. The molecule has 0 aliphatic rings. The van der Waals surface area contributed by atoms with Gasteiger partial charge in [-0.05, 0) is 48.0 Å². The fourth-order valence-electron chi connectivity index (χ4n) is 1.32. The zero-order valence-corrected chi connectivity index (χ0v) is 11.4. The Morgan fingerprint density at radius 2 is 2.29 bits per heavy atom. The van der Waals surface area contributed by atoms with Crippen LogP contribution in [0.1, 0.15) is 24.2 Å². The molecule has 0 aliphatic carbocycles. The van der Waals surface area contributed by atoms with Crippen LogP contribution in [-0.2, 0) is 4.74 Å². The maximum Gasteiger partial charge on any atom is 0.251 e. The molecular weight excluding hydrogens is 289 g/mol. The van der Waals surface area contributed by atoms with Gasteiger partial charge in [-0.3, -0.25) is 4.79 Å². The first-order chi connectivity index (χ1) is 8.04. The van der Waals surface area contributed by atoms with Gasteiger partial charge < -0.3 is 10.1 Å². The van der Waals surface area contributed by atoms with E-state index in [1.54, 1.807) is 0 Å². The number of rotatable bonds is 5. The third-order valence-corrected chi connectivity index (χ3v) is 2.79. The molecule has 1 aromatic carbocycles. The van der Waals surface area contributed by atoms with Gasteiger partial charge >= 0.3 is 0 Å². The zero-order valence-electron chi connectivity index (χ0n) is 9.80. The van der Waals surface area contributed by atoms with Gasteiger partial charge in [0.05, 0.1) is 10.6 Å². The molecular formula is C12H15BrFNO2. The Morgan fingerprint density at radius 1 is 1.59 bits per heavy atom. The largest absolute Gasteiger partial charge is 0.377 e. The van der Waals surface area contributed by atoms with Crippen molar-refractivity contribution in [2.24, 2.45) is 0 Å². The van der Waals surface area contributed by atoms with Crippen molar-refractivity contribution in [3.05, 3.63) is 34.1 Å². The van der Waals surface area contributed by atoms with E-state index in [2.05, 4.69) is 21.2 Å². The van der Waals surface area contributed by atoms with Gasteiger partial charge in [-0.2, -0.15) is 0 Å². The lowest BCUT2D eigenvalue weighted by atomic mass is 10.2. The number of carbonyl (C=O) groups excluding carboxylic acids is 1. The SMILES string of the molecule is CCOC(C)CNC(=O)c1ccc(F)c(Br)c1. The first kappa shape index (κ1) is 14.1. The molecule has 1 unspecified atom stereocenters. The number of ether oxygens (including phenoxy) is 1. The van der Waals surface area contributed by atoms with E-state index in [4.69, 9.17) is 4.74 Å². The van der Waals surface area contributed by atoms with E-state index in [1.807, 2.05) is 13.8 Å². The number of hydrogen-bond donors (Lipinski definition) is 1. The second kappa shape index (κ2) is 6.71. The Morgan fingerprint density at radius 3 is 2.88 bits per heavy atom. The van der Waals surface area contributed by atoms with Gasteiger partial charge in [0.25, 0.3) is 5.91 Å². The van der Waals surface area contributed by atoms with E-state index in [-0.39, 0.29) is 22.3 Å². The van der Waals surface area contributed by atoms with E-state index in [0.717, 1.165) is 0 Å². The van der Waals surface area contributed by atoms with E-state index in [9.17, 15) is 9.18 Å². The van der Waals surface area contributed by atoms with Crippen molar-refractivity contribution >= 4 is 21.8 Å². The van der Waals surface area contributed by atoms with Crippen molar-refractivity contribution in [2.45, 2.75) is 20.0 Å². The number of benzene rings is 1. The summed E-state index contributed by atoms with van der Waals surface area (Å²) in [6.45, 7) is 4.82. The topological polar surface area (TPSA) is 38.3 Å². The summed E-state index contributed by atoms with van der Waals surface area (Å²) < 4.78 is 18.5. The van der Waals surface area contributed by atoms with Gasteiger partial charge in [0, 0.05) is 18.7 Å². The summed E-state index contributed by atoms with van der Waals surface area (Å²) in [5.41, 5.74) is 0.418. The Hall–Kier alpha value is -0.940. The fourth-order valence-corrected chi connectivity index (χ4v) is 1.70. The second-order valence-corrected chi connectivity index (χ2v) is 4.46. The normalized spacial score (nSPS) is 12.2. The van der Waals surface area contributed by atoms with E-state index in [0.29, 0.717) is 18.7 Å². The molecule has 3 nitrogen and oxygen atoms in total. The molecule has 0 saturated heterocycles. The van der Waals surface area contributed by atoms with Crippen LogP contribution in [0.4, 0.5) is 4.39 Å². The van der Waals surface area contributed by atoms with Crippen LogP contribution in [0, 0.1) is 5.82 Å². The van der Waals surface area contributed by atoms with Gasteiger partial charge in [-0.1, -0.05) is 0 Å². The van der Waals surface area contributed by atoms with Gasteiger partial charge in [-0.15, -0.1) is 0 Å². The lowest BCUT2D eigenvalue weighted by molar-refractivity contribution is 0.0695. The van der Waals surface area contributed by atoms with Gasteiger partial charge in [0.2, 0.25) is 0 Å². The van der Waals surface area contributed by atoms with E-state index in [1.165, 1.54) is 18.2 Å². The van der Waals surface area contributed by atoms with Crippen LogP contribution < -0.4 is 5.32 Å². The number of nitrogens with one attached hydrogen (secondary N) is 1. The van der Waals surface area contributed by atoms with Crippen LogP contribution in [-0.4, -0.2) is 25.2 Å². The minimum atomic E-state index is -0.385. The van der Waals surface area contributed by atoms with Crippen molar-refractivity contribution < 1.29 is 13.9 Å². The monoisotopic (exact) mass is 303 g/mol. The van der Waals surface area contributed by atoms with Crippen molar-refractivity contribution in [2.75, 3.05) is 13.2 Å². The molecule has 1 amide bonds. The molecule has 1 aromatic rings. The highest BCUT2D eigenvalue weighted by Crippen LogP contribution is 2.16. The van der Waals surface area contributed by atoms with Crippen molar-refractivity contribution in [3.8, 4) is 0 Å². The van der Waals surface area contributed by atoms with E-state index >= 15 is 0 Å². The standard InChI is InChI=1S/C12H15BrFNO2/c1-3-17-8(2)7-15-12(16)9-4-5-11(14)10(13)6-9/h4-6,8H,3,7H2,1-2H3,(H,15,16). The van der Waals surface area contributed by atoms with Crippen LogP contribution >= 0.6 is 15.9 Å². The molecule has 0 bridgehead atoms. The molecule has 5 heteroatoms. The van der Waals surface area contributed by atoms with E-state index < -0.39 is 0 Å². The molecule has 0 aromatic heterocycles. The summed E-state index contributed by atoms with van der Waals surface area (Å²) in [6.07, 6.45) is -0.0344. The Labute approximate surface area is 108 Å². The predicted molar refractivity (Wildman–Crippen MR) is 67.5 cm³/mol. The summed E-state index contributed by atoms with van der Waals surface area (Å²) in [7, 11) is 0. The Balaban J connectivity index is 2.55. The average Bonchev–Trinajstić information content (AvgIpc) is 2.30. The molecule has 1 rings (SSSR count). The van der Waals surface area contributed by atoms with Gasteiger partial charge in [0.15, 0.2) is 0 Å². The molecule has 0 radical (unpaired) electrons. The van der Waals surface area contributed by atoms with Crippen LogP contribution in [0.15, 0.2) is 22.7 Å². The third-order valence-electron chi connectivity index (χ3n) is 2.18. The molecule has 0 aliphatic heterocycles. The van der Waals surface area contributed by atoms with Crippen molar-refractivity contribution in [3.63, 3.8) is 0 Å². The highest BCUT2D eigenvalue weighted by molar-refractivity contribution is 9.10. The minimum Gasteiger partial charge on any atom is -0.377 e. The number of halogens is 2. The maximum atomic E-state index is 13.0. The lowest BCUT2D eigenvalue weighted by Gasteiger charge is -2.12. The molecule has 1 N–H and O–H groups in total. The summed E-state index contributed by atoms with van der Waals surface area (Å²) in [5.74, 6) is -0.624. The summed E-state index contributed by atoms with van der Waals surface area (Å²) in [6, 6.07) is 4.15. The maximum absolute atomic E-state index is 13.0. The predicted octanol–water partition coefficient (Wildman–Crippen LogP) is 2.74. The molecule has 94 valence electrons. The second-order valence-electron chi connectivity index (χ2n) is 3.60. The smallest absolute Gasteiger partial charge is 0.251 e. The first-order valence-electron chi connectivity index (χ1n) is 5.39. The summed E-state index contributed by atoms with van der Waals surface area (Å²) in [4.78, 5) is 11.7. The molecule has 1 atom stereocenters. The van der Waals surface area contributed by atoms with Crippen LogP contribution in [0.5, 0.6) is 0 Å². The first-order valence-corrected chi connectivity index (χ1v) is 6.18. The number of hydrogen-bond acceptors (Lipinski definition) is 2. The Kier molecular flexibility index (Phi) is 5.58. The fraction of sp³-hybridized carbons (Fsp3) is 0.417. The van der Waals surface area contributed by atoms with Crippen molar-refractivity contribution in [1.29, 1.82) is 0 Å². The number of carbonyl (C=O) groups is 1. The third kappa shape index (κ3) is 4.44. The van der Waals surface area contributed by atoms with Crippen LogP contribution in [0.2, 0.25) is 0 Å². The van der Waals surface area contributed by atoms with Crippen molar-refractivity contribution in [1.82, 2.24) is 5.32 Å². The molecule has 0 saturated carbocycles. The average molecular weight is 304 g/mol. The lowest BCUT2D eigenvalue weighted by Crippen LogP contribution is -2.32. The minimum absolute atomic E-state index is 0.0344. The number of amides is 1. The quantitative estimate of drug-likeness (QED) is 0.908. The molecule has 0 heterocycles. The molecule has 0 spiro atoms. The molecule has 0 fully saturated rings. The summed E-state index contributed by atoms with van der Waals surface area (Å²) in [5, 5.41) is 2.72. The summed E-state index contributed by atoms with van der Waals surface area (Å²) >= 11 is 3.04.